The first-order valence-electron chi connectivity index (χ1n) is 4.40. The zero-order valence-corrected chi connectivity index (χ0v) is 7.80. The van der Waals surface area contributed by atoms with Gasteiger partial charge in [0.15, 0.2) is 11.6 Å². The molecule has 2 aromatic rings. The summed E-state index contributed by atoms with van der Waals surface area (Å²) in [6, 6.07) is 5.34. The van der Waals surface area contributed by atoms with E-state index in [-0.39, 0.29) is 0 Å². The van der Waals surface area contributed by atoms with Crippen LogP contribution in [0.3, 0.4) is 0 Å². The number of hydrogen-bond acceptors (Lipinski definition) is 2. The van der Waals surface area contributed by atoms with Crippen LogP contribution in [-0.4, -0.2) is 10.2 Å². The average molecular weight is 209 g/mol. The lowest BCUT2D eigenvalue weighted by Gasteiger charge is -1.96. The smallest absolute Gasteiger partial charge is 0.159 e. The fourth-order valence-electron chi connectivity index (χ4n) is 1.27. The standard InChI is InChI=1S/C10H9F2N3/c11-8-2-1-6(3-9(8)12)10-4-7(5-13)14-15-10/h1-4H,5,13H2,(H,14,15). The molecule has 0 amide bonds. The monoisotopic (exact) mass is 209 g/mol. The van der Waals surface area contributed by atoms with Crippen molar-refractivity contribution in [2.24, 2.45) is 5.73 Å². The number of nitrogens with one attached hydrogen (secondary N) is 1. The lowest BCUT2D eigenvalue weighted by Crippen LogP contribution is -1.95. The topological polar surface area (TPSA) is 54.7 Å². The molecule has 2 rings (SSSR count). The molecule has 0 radical (unpaired) electrons. The molecule has 3 nitrogen and oxygen atoms in total. The number of hydrogen-bond donors (Lipinski definition) is 2. The fraction of sp³-hybridized carbons (Fsp3) is 0.100. The van der Waals surface area contributed by atoms with Crippen LogP contribution in [-0.2, 0) is 6.54 Å². The van der Waals surface area contributed by atoms with E-state index in [9.17, 15) is 8.78 Å². The average Bonchev–Trinajstić information content (AvgIpc) is 2.70. The highest BCUT2D eigenvalue weighted by molar-refractivity contribution is 5.59. The van der Waals surface area contributed by atoms with E-state index < -0.39 is 11.6 Å². The summed E-state index contributed by atoms with van der Waals surface area (Å²) >= 11 is 0. The molecule has 0 aliphatic carbocycles. The highest BCUT2D eigenvalue weighted by Gasteiger charge is 2.07. The van der Waals surface area contributed by atoms with E-state index in [4.69, 9.17) is 5.73 Å². The van der Waals surface area contributed by atoms with Gasteiger partial charge in [0.1, 0.15) is 0 Å². The molecule has 1 aromatic carbocycles. The zero-order chi connectivity index (χ0) is 10.8. The van der Waals surface area contributed by atoms with Gasteiger partial charge in [0, 0.05) is 17.8 Å². The second kappa shape index (κ2) is 3.78. The molecule has 5 heteroatoms. The molecule has 0 unspecified atom stereocenters. The van der Waals surface area contributed by atoms with Crippen LogP contribution in [0.2, 0.25) is 0 Å². The highest BCUT2D eigenvalue weighted by Crippen LogP contribution is 2.19. The lowest BCUT2D eigenvalue weighted by molar-refractivity contribution is 0.509. The number of nitrogens with zero attached hydrogens (tertiary/aromatic N) is 1. The fourth-order valence-corrected chi connectivity index (χ4v) is 1.27. The van der Waals surface area contributed by atoms with Crippen molar-refractivity contribution in [2.75, 3.05) is 0 Å². The van der Waals surface area contributed by atoms with Gasteiger partial charge in [-0.3, -0.25) is 5.10 Å². The Morgan fingerprint density at radius 3 is 2.60 bits per heavy atom. The van der Waals surface area contributed by atoms with Crippen molar-refractivity contribution >= 4 is 0 Å². The summed E-state index contributed by atoms with van der Waals surface area (Å²) in [5, 5.41) is 6.63. The van der Waals surface area contributed by atoms with Crippen LogP contribution >= 0.6 is 0 Å². The Balaban J connectivity index is 2.40. The van der Waals surface area contributed by atoms with Gasteiger partial charge in [-0.05, 0) is 24.3 Å². The number of aromatic amines is 1. The van der Waals surface area contributed by atoms with Crippen LogP contribution < -0.4 is 5.73 Å². The summed E-state index contributed by atoms with van der Waals surface area (Å²) in [5.41, 5.74) is 7.20. The van der Waals surface area contributed by atoms with Crippen LogP contribution in [0.25, 0.3) is 11.3 Å². The van der Waals surface area contributed by atoms with Gasteiger partial charge in [-0.25, -0.2) is 8.78 Å². The molecule has 0 fully saturated rings. The summed E-state index contributed by atoms with van der Waals surface area (Å²) in [5.74, 6) is -1.75. The van der Waals surface area contributed by atoms with Gasteiger partial charge < -0.3 is 5.73 Å². The largest absolute Gasteiger partial charge is 0.325 e. The van der Waals surface area contributed by atoms with Crippen molar-refractivity contribution in [1.82, 2.24) is 10.2 Å². The summed E-state index contributed by atoms with van der Waals surface area (Å²) in [6.07, 6.45) is 0. The molecule has 0 saturated carbocycles. The first kappa shape index (κ1) is 9.79. The first-order valence-corrected chi connectivity index (χ1v) is 4.40. The van der Waals surface area contributed by atoms with Gasteiger partial charge in [-0.2, -0.15) is 5.10 Å². The van der Waals surface area contributed by atoms with E-state index in [1.54, 1.807) is 6.07 Å². The minimum absolute atomic E-state index is 0.330. The Hall–Kier alpha value is -1.75. The van der Waals surface area contributed by atoms with Crippen LogP contribution in [0.4, 0.5) is 8.78 Å². The van der Waals surface area contributed by atoms with Crippen LogP contribution in [0.15, 0.2) is 24.3 Å². The summed E-state index contributed by atoms with van der Waals surface area (Å²) < 4.78 is 25.6. The molecule has 0 saturated heterocycles. The third kappa shape index (κ3) is 1.87. The van der Waals surface area contributed by atoms with Crippen LogP contribution in [0.5, 0.6) is 0 Å². The molecule has 0 atom stereocenters. The maximum Gasteiger partial charge on any atom is 0.159 e. The molecule has 0 spiro atoms. The minimum Gasteiger partial charge on any atom is -0.325 e. The SMILES string of the molecule is NCc1cc(-c2ccc(F)c(F)c2)n[nH]1. The molecule has 0 aliphatic heterocycles. The number of nitrogens with two attached hydrogens (primary N) is 1. The molecule has 1 heterocycles. The van der Waals surface area contributed by atoms with E-state index >= 15 is 0 Å². The van der Waals surface area contributed by atoms with Gasteiger partial charge in [0.25, 0.3) is 0 Å². The number of halogens is 2. The van der Waals surface area contributed by atoms with Crippen molar-refractivity contribution in [1.29, 1.82) is 0 Å². The predicted octanol–water partition coefficient (Wildman–Crippen LogP) is 1.81. The minimum atomic E-state index is -0.884. The lowest BCUT2D eigenvalue weighted by atomic mass is 10.1. The normalized spacial score (nSPS) is 10.6. The van der Waals surface area contributed by atoms with Crippen molar-refractivity contribution in [3.05, 3.63) is 41.6 Å². The van der Waals surface area contributed by atoms with Crippen molar-refractivity contribution in [3.8, 4) is 11.3 Å². The van der Waals surface area contributed by atoms with Gasteiger partial charge in [-0.1, -0.05) is 0 Å². The van der Waals surface area contributed by atoms with E-state index in [1.165, 1.54) is 6.07 Å². The van der Waals surface area contributed by atoms with Crippen LogP contribution in [0, 0.1) is 11.6 Å². The van der Waals surface area contributed by atoms with Crippen molar-refractivity contribution in [3.63, 3.8) is 0 Å². The highest BCUT2D eigenvalue weighted by atomic mass is 19.2. The molecule has 0 aliphatic rings. The number of H-pyrrole nitrogens is 1. The molecule has 3 N–H and O–H groups in total. The van der Waals surface area contributed by atoms with Gasteiger partial charge in [0.2, 0.25) is 0 Å². The van der Waals surface area contributed by atoms with E-state index in [2.05, 4.69) is 10.2 Å². The number of benzene rings is 1. The number of aromatic nitrogens is 2. The van der Waals surface area contributed by atoms with E-state index in [1.807, 2.05) is 0 Å². The summed E-state index contributed by atoms with van der Waals surface area (Å²) in [4.78, 5) is 0. The molecular formula is C10H9F2N3. The quantitative estimate of drug-likeness (QED) is 0.792. The first-order chi connectivity index (χ1) is 7.20. The zero-order valence-electron chi connectivity index (χ0n) is 7.80. The predicted molar refractivity (Wildman–Crippen MR) is 51.8 cm³/mol. The Labute approximate surface area is 84.9 Å². The third-order valence-electron chi connectivity index (χ3n) is 2.07. The number of rotatable bonds is 2. The van der Waals surface area contributed by atoms with Gasteiger partial charge >= 0.3 is 0 Å². The van der Waals surface area contributed by atoms with Crippen molar-refractivity contribution in [2.45, 2.75) is 6.54 Å². The second-order valence-corrected chi connectivity index (χ2v) is 3.11. The molecule has 78 valence electrons. The second-order valence-electron chi connectivity index (χ2n) is 3.11. The Morgan fingerprint density at radius 1 is 1.20 bits per heavy atom. The maximum atomic E-state index is 12.9. The van der Waals surface area contributed by atoms with Crippen LogP contribution in [0.1, 0.15) is 5.69 Å². The van der Waals surface area contributed by atoms with Gasteiger partial charge in [-0.15, -0.1) is 0 Å². The molecular weight excluding hydrogens is 200 g/mol. The van der Waals surface area contributed by atoms with E-state index in [0.29, 0.717) is 17.8 Å². The molecule has 15 heavy (non-hydrogen) atoms. The Kier molecular flexibility index (Phi) is 2.47. The van der Waals surface area contributed by atoms with E-state index in [0.717, 1.165) is 17.8 Å². The Bertz CT molecular complexity index is 479. The van der Waals surface area contributed by atoms with Gasteiger partial charge in [0.05, 0.1) is 5.69 Å². The molecule has 0 bridgehead atoms. The third-order valence-corrected chi connectivity index (χ3v) is 2.07. The maximum absolute atomic E-state index is 12.9. The Morgan fingerprint density at radius 2 is 2.00 bits per heavy atom. The molecule has 1 aromatic heterocycles. The van der Waals surface area contributed by atoms with Crippen molar-refractivity contribution < 1.29 is 8.78 Å². The summed E-state index contributed by atoms with van der Waals surface area (Å²) in [6.45, 7) is 0.330. The summed E-state index contributed by atoms with van der Waals surface area (Å²) in [7, 11) is 0.